The smallest absolute Gasteiger partial charge is 0.255 e. The van der Waals surface area contributed by atoms with Crippen LogP contribution in [0.1, 0.15) is 24.2 Å². The largest absolute Gasteiger partial charge is 0.494 e. The fourth-order valence-corrected chi connectivity index (χ4v) is 4.32. The molecule has 0 saturated carbocycles. The first-order valence-corrected chi connectivity index (χ1v) is 11.7. The maximum absolute atomic E-state index is 14.5. The molecule has 4 rings (SSSR count). The summed E-state index contributed by atoms with van der Waals surface area (Å²) in [6.45, 7) is 5.65. The molecule has 10 heteroatoms. The highest BCUT2D eigenvalue weighted by Gasteiger charge is 2.23. The van der Waals surface area contributed by atoms with Crippen LogP contribution in [0.25, 0.3) is 0 Å². The van der Waals surface area contributed by atoms with Crippen molar-refractivity contribution in [2.75, 3.05) is 35.7 Å². The molecule has 0 aliphatic carbocycles. The lowest BCUT2D eigenvalue weighted by Gasteiger charge is -2.36. The van der Waals surface area contributed by atoms with Crippen LogP contribution < -0.4 is 25.6 Å². The minimum absolute atomic E-state index is 0.0665. The van der Waals surface area contributed by atoms with E-state index in [0.717, 1.165) is 17.6 Å². The quantitative estimate of drug-likeness (QED) is 0.431. The summed E-state index contributed by atoms with van der Waals surface area (Å²) in [5.74, 6) is 0.121. The highest BCUT2D eigenvalue weighted by atomic mass is 79.9. The number of carbonyl (C=O) groups is 1. The van der Waals surface area contributed by atoms with Crippen molar-refractivity contribution >= 4 is 45.0 Å². The van der Waals surface area contributed by atoms with E-state index in [4.69, 9.17) is 4.74 Å². The maximum Gasteiger partial charge on any atom is 0.255 e. The predicted octanol–water partition coefficient (Wildman–Crippen LogP) is 4.57. The molecule has 1 amide bonds. The lowest BCUT2D eigenvalue weighted by Crippen LogP contribution is -2.54. The predicted molar refractivity (Wildman–Crippen MR) is 135 cm³/mol. The normalized spacial score (nSPS) is 17.9. The average molecular weight is 529 g/mol. The molecule has 3 aromatic rings. The van der Waals surface area contributed by atoms with Gasteiger partial charge >= 0.3 is 0 Å². The summed E-state index contributed by atoms with van der Waals surface area (Å²) in [5.41, 5.74) is 1.55. The topological polar surface area (TPSA) is 91.4 Å². The van der Waals surface area contributed by atoms with Crippen LogP contribution in [0.15, 0.2) is 53.1 Å². The molecule has 0 radical (unpaired) electrons. The van der Waals surface area contributed by atoms with Crippen LogP contribution in [-0.2, 0) is 0 Å². The highest BCUT2D eigenvalue weighted by molar-refractivity contribution is 9.10. The van der Waals surface area contributed by atoms with Gasteiger partial charge in [0.05, 0.1) is 19.0 Å². The van der Waals surface area contributed by atoms with E-state index >= 15 is 0 Å². The second-order valence-electron chi connectivity index (χ2n) is 8.24. The van der Waals surface area contributed by atoms with Gasteiger partial charge in [-0.1, -0.05) is 22.0 Å². The Labute approximate surface area is 206 Å². The Morgan fingerprint density at radius 3 is 2.68 bits per heavy atom. The maximum atomic E-state index is 14.5. The third kappa shape index (κ3) is 5.63. The van der Waals surface area contributed by atoms with Crippen molar-refractivity contribution in [2.24, 2.45) is 0 Å². The molecule has 2 atom stereocenters. The second kappa shape index (κ2) is 10.4. The molecule has 1 aliphatic heterocycles. The summed E-state index contributed by atoms with van der Waals surface area (Å²) in [6.07, 6.45) is 1.17. The Hall–Kier alpha value is -3.24. The van der Waals surface area contributed by atoms with Crippen molar-refractivity contribution in [3.63, 3.8) is 0 Å². The summed E-state index contributed by atoms with van der Waals surface area (Å²) >= 11 is 3.37. The van der Waals surface area contributed by atoms with Gasteiger partial charge < -0.3 is 25.6 Å². The Morgan fingerprint density at radius 1 is 1.21 bits per heavy atom. The number of amides is 1. The van der Waals surface area contributed by atoms with Gasteiger partial charge in [-0.3, -0.25) is 4.79 Å². The molecule has 3 N–H and O–H groups in total. The number of halogens is 2. The Morgan fingerprint density at radius 2 is 1.97 bits per heavy atom. The third-order valence-electron chi connectivity index (χ3n) is 5.37. The van der Waals surface area contributed by atoms with Crippen LogP contribution in [0.2, 0.25) is 0 Å². The molecule has 8 nitrogen and oxygen atoms in total. The van der Waals surface area contributed by atoms with E-state index in [9.17, 15) is 9.18 Å². The Kier molecular flexibility index (Phi) is 7.28. The second-order valence-corrected chi connectivity index (χ2v) is 9.16. The number of rotatable bonds is 6. The molecule has 2 heterocycles. The van der Waals surface area contributed by atoms with E-state index in [0.29, 0.717) is 28.6 Å². The van der Waals surface area contributed by atoms with Gasteiger partial charge in [0, 0.05) is 47.0 Å². The van der Waals surface area contributed by atoms with Gasteiger partial charge in [0.15, 0.2) is 11.6 Å². The number of piperazine rings is 1. The van der Waals surface area contributed by atoms with Crippen molar-refractivity contribution < 1.29 is 13.9 Å². The Balaban J connectivity index is 1.52. The summed E-state index contributed by atoms with van der Waals surface area (Å²) in [7, 11) is 1.50. The number of ether oxygens (including phenoxy) is 1. The molecular formula is C24H26BrFN6O2. The zero-order valence-corrected chi connectivity index (χ0v) is 20.7. The highest BCUT2D eigenvalue weighted by Crippen LogP contribution is 2.30. The molecule has 34 heavy (non-hydrogen) atoms. The van der Waals surface area contributed by atoms with Crippen molar-refractivity contribution in [3.8, 4) is 5.75 Å². The number of hydrogen-bond acceptors (Lipinski definition) is 7. The van der Waals surface area contributed by atoms with Gasteiger partial charge in [-0.05, 0) is 44.2 Å². The van der Waals surface area contributed by atoms with Crippen LogP contribution in [0.3, 0.4) is 0 Å². The van der Waals surface area contributed by atoms with Crippen molar-refractivity contribution in [1.29, 1.82) is 0 Å². The first kappa shape index (κ1) is 23.9. The molecule has 1 aromatic heterocycles. The van der Waals surface area contributed by atoms with Crippen LogP contribution in [0.4, 0.5) is 27.5 Å². The molecule has 1 aliphatic rings. The molecule has 0 unspecified atom stereocenters. The molecule has 1 fully saturated rings. The van der Waals surface area contributed by atoms with E-state index < -0.39 is 5.82 Å². The van der Waals surface area contributed by atoms with Gasteiger partial charge in [0.25, 0.3) is 5.91 Å². The molecule has 178 valence electrons. The number of hydrogen-bond donors (Lipinski definition) is 3. The minimum Gasteiger partial charge on any atom is -0.494 e. The standard InChI is InChI=1S/C24H26BrFN6O2/c1-14-12-32(13-15(2)28-14)24-27-11-19(26)22(31-24)29-18-7-8-20(21(10-18)34-3)30-23(33)16-5-4-6-17(25)9-16/h4-11,14-15,28H,12-13H2,1-3H3,(H,30,33)(H,27,29,31)/t14-,15+. The Bertz CT molecular complexity index is 1180. The summed E-state index contributed by atoms with van der Waals surface area (Å²) < 4.78 is 20.8. The molecular weight excluding hydrogens is 503 g/mol. The van der Waals surface area contributed by atoms with Gasteiger partial charge in [0.1, 0.15) is 5.75 Å². The van der Waals surface area contributed by atoms with Gasteiger partial charge in [-0.25, -0.2) is 9.37 Å². The molecule has 1 saturated heterocycles. The van der Waals surface area contributed by atoms with Gasteiger partial charge in [0.2, 0.25) is 5.95 Å². The minimum atomic E-state index is -0.564. The lowest BCUT2D eigenvalue weighted by molar-refractivity contribution is 0.102. The number of carbonyl (C=O) groups excluding carboxylic acids is 1. The molecule has 0 spiro atoms. The number of nitrogens with zero attached hydrogens (tertiary/aromatic N) is 3. The van der Waals surface area contributed by atoms with E-state index in [1.54, 1.807) is 36.4 Å². The number of methoxy groups -OCH3 is 1. The fourth-order valence-electron chi connectivity index (χ4n) is 3.92. The first-order chi connectivity index (χ1) is 16.3. The summed E-state index contributed by atoms with van der Waals surface area (Å²) in [5, 5.41) is 9.30. The zero-order chi connectivity index (χ0) is 24.2. The van der Waals surface area contributed by atoms with Crippen LogP contribution in [0, 0.1) is 5.82 Å². The summed E-state index contributed by atoms with van der Waals surface area (Å²) in [6, 6.07) is 12.7. The van der Waals surface area contributed by atoms with Crippen molar-refractivity contribution in [1.82, 2.24) is 15.3 Å². The van der Waals surface area contributed by atoms with Crippen LogP contribution in [0.5, 0.6) is 5.75 Å². The van der Waals surface area contributed by atoms with Gasteiger partial charge in [-0.2, -0.15) is 4.98 Å². The van der Waals surface area contributed by atoms with E-state index in [-0.39, 0.29) is 23.8 Å². The van der Waals surface area contributed by atoms with Crippen molar-refractivity contribution in [2.45, 2.75) is 25.9 Å². The van der Waals surface area contributed by atoms with Crippen LogP contribution >= 0.6 is 15.9 Å². The number of anilines is 4. The van der Waals surface area contributed by atoms with E-state index in [1.165, 1.54) is 13.3 Å². The van der Waals surface area contributed by atoms with E-state index in [1.807, 2.05) is 11.0 Å². The van der Waals surface area contributed by atoms with Crippen LogP contribution in [-0.4, -0.2) is 48.2 Å². The van der Waals surface area contributed by atoms with Gasteiger partial charge in [-0.15, -0.1) is 0 Å². The SMILES string of the molecule is COc1cc(Nc2nc(N3C[C@@H](C)N[C@@H](C)C3)ncc2F)ccc1NC(=O)c1cccc(Br)c1. The molecule has 2 aromatic carbocycles. The first-order valence-electron chi connectivity index (χ1n) is 10.9. The molecule has 0 bridgehead atoms. The summed E-state index contributed by atoms with van der Waals surface area (Å²) in [4.78, 5) is 23.3. The van der Waals surface area contributed by atoms with Crippen molar-refractivity contribution in [3.05, 3.63) is 64.5 Å². The zero-order valence-electron chi connectivity index (χ0n) is 19.1. The average Bonchev–Trinajstić information content (AvgIpc) is 2.80. The number of nitrogens with one attached hydrogen (secondary N) is 3. The lowest BCUT2D eigenvalue weighted by atomic mass is 10.1. The van der Waals surface area contributed by atoms with E-state index in [2.05, 4.69) is 55.7 Å². The number of aromatic nitrogens is 2. The third-order valence-corrected chi connectivity index (χ3v) is 5.86. The monoisotopic (exact) mass is 528 g/mol. The fraction of sp³-hybridized carbons (Fsp3) is 0.292. The number of benzene rings is 2.